The van der Waals surface area contributed by atoms with Crippen LogP contribution in [-0.4, -0.2) is 70.4 Å². The van der Waals surface area contributed by atoms with Crippen LogP contribution in [0.25, 0.3) is 0 Å². The second kappa shape index (κ2) is 18.3. The zero-order valence-corrected chi connectivity index (χ0v) is 33.2. The Balaban J connectivity index is 3.84. The summed E-state index contributed by atoms with van der Waals surface area (Å²) in [5.74, 6) is 3.04. The average molecular weight is 645 g/mol. The molecule has 5 nitrogen and oxygen atoms in total. The molecule has 0 aromatic carbocycles. The molecule has 0 unspecified atom stereocenters. The lowest BCUT2D eigenvalue weighted by Gasteiger charge is -2.52. The summed E-state index contributed by atoms with van der Waals surface area (Å²) >= 11 is 0. The van der Waals surface area contributed by atoms with Crippen molar-refractivity contribution < 1.29 is 22.4 Å². The summed E-state index contributed by atoms with van der Waals surface area (Å²) < 4.78 is 36.0. The van der Waals surface area contributed by atoms with E-state index in [1.807, 2.05) is 0 Å². The molecule has 0 aromatic heterocycles. The number of ether oxygens (including phenoxy) is 1. The topological polar surface area (TPSA) is 46.2 Å². The van der Waals surface area contributed by atoms with E-state index < -0.39 is 39.4 Å². The quantitative estimate of drug-likeness (QED) is 0.0920. The first-order valence-corrected chi connectivity index (χ1v) is 27.4. The predicted octanol–water partition coefficient (Wildman–Crippen LogP) is 9.58. The highest BCUT2D eigenvalue weighted by molar-refractivity contribution is 6.75. The van der Waals surface area contributed by atoms with Gasteiger partial charge in [-0.2, -0.15) is 0 Å². The van der Waals surface area contributed by atoms with Crippen LogP contribution in [0.5, 0.6) is 0 Å². The van der Waals surface area contributed by atoms with Gasteiger partial charge in [0.2, 0.25) is 0 Å². The molecule has 242 valence electrons. The number of hydrogen-bond donors (Lipinski definition) is 0. The van der Waals surface area contributed by atoms with Crippen molar-refractivity contribution in [3.8, 4) is 12.3 Å². The molecule has 9 heteroatoms. The van der Waals surface area contributed by atoms with Crippen LogP contribution >= 0.6 is 0 Å². The molecule has 5 atom stereocenters. The Morgan fingerprint density at radius 2 is 0.805 bits per heavy atom. The average Bonchev–Trinajstić information content (AvgIpc) is 3.03. The minimum absolute atomic E-state index is 0.234. The normalized spacial score (nSPS) is 24.4. The van der Waals surface area contributed by atoms with Crippen molar-refractivity contribution in [3.63, 3.8) is 0 Å². The number of rotatable bonds is 21. The van der Waals surface area contributed by atoms with Crippen molar-refractivity contribution in [2.75, 3.05) is 6.61 Å². The lowest BCUT2D eigenvalue weighted by Crippen LogP contribution is -2.67. The Morgan fingerprint density at radius 3 is 1.12 bits per heavy atom. The Kier molecular flexibility index (Phi) is 17.5. The maximum absolute atomic E-state index is 7.50. The van der Waals surface area contributed by atoms with Gasteiger partial charge in [-0.05, 0) is 72.5 Å². The van der Waals surface area contributed by atoms with Gasteiger partial charge < -0.3 is 22.4 Å². The minimum atomic E-state index is -2.04. The van der Waals surface area contributed by atoms with Gasteiger partial charge in [0, 0.05) is 0 Å². The summed E-state index contributed by atoms with van der Waals surface area (Å²) in [5, 5.41) is 0. The van der Waals surface area contributed by atoms with E-state index in [1.165, 1.54) is 0 Å². The second-order valence-electron chi connectivity index (χ2n) is 12.3. The van der Waals surface area contributed by atoms with Crippen LogP contribution < -0.4 is 0 Å². The Labute approximate surface area is 260 Å². The largest absolute Gasteiger partial charge is 0.414 e. The second-order valence-corrected chi connectivity index (χ2v) is 31.2. The lowest BCUT2D eigenvalue weighted by molar-refractivity contribution is -0.199. The van der Waals surface area contributed by atoms with Gasteiger partial charge in [0.05, 0.1) is 6.61 Å². The van der Waals surface area contributed by atoms with Crippen LogP contribution in [0.2, 0.25) is 72.5 Å². The highest BCUT2D eigenvalue weighted by atomic mass is 28.4. The van der Waals surface area contributed by atoms with Crippen LogP contribution in [0.4, 0.5) is 0 Å². The first kappa shape index (κ1) is 39.3. The fourth-order valence-electron chi connectivity index (χ4n) is 6.77. The SMILES string of the molecule is C#C[C@@H]1O[C@H](CO[Si](CC)(CC)CC)[C@@H](O[Si](CC)(CC)CC)[C@H](O[Si](CC)(CC)CC)[C@H]1O[Si](CC)(CC)CC. The van der Waals surface area contributed by atoms with Crippen LogP contribution in [-0.2, 0) is 22.4 Å². The maximum atomic E-state index is 7.50. The van der Waals surface area contributed by atoms with Gasteiger partial charge in [-0.15, -0.1) is 6.42 Å². The zero-order valence-electron chi connectivity index (χ0n) is 29.2. The zero-order chi connectivity index (χ0) is 31.3. The maximum Gasteiger partial charge on any atom is 0.192 e. The van der Waals surface area contributed by atoms with Gasteiger partial charge in [0.25, 0.3) is 0 Å². The molecule has 0 aliphatic carbocycles. The molecule has 0 spiro atoms. The highest BCUT2D eigenvalue weighted by Gasteiger charge is 2.54. The van der Waals surface area contributed by atoms with Crippen molar-refractivity contribution in [2.45, 2.75) is 186 Å². The molecule has 41 heavy (non-hydrogen) atoms. The molecule has 1 rings (SSSR count). The molecule has 0 bridgehead atoms. The standard InChI is InChI=1S/C32H68O5Si4/c1-14-28-30(35-39(18-5,19-6)20-7)32(37-41(24-11,25-12)26-13)31(36-40(21-8,22-9)23-10)29(34-28)27-33-38(15-2,16-3)17-4/h1,28-32H,15-27H2,2-13H3/t28-,29+,30-,31+,32+/m0/s1. The molecule has 1 heterocycles. The van der Waals surface area contributed by atoms with E-state index in [0.29, 0.717) is 6.61 Å². The third kappa shape index (κ3) is 9.37. The van der Waals surface area contributed by atoms with Crippen LogP contribution in [0.15, 0.2) is 0 Å². The summed E-state index contributed by atoms with van der Waals surface area (Å²) in [6.07, 6.45) is 4.78. The van der Waals surface area contributed by atoms with Crippen LogP contribution in [0.1, 0.15) is 83.1 Å². The molecule has 1 aliphatic rings. The van der Waals surface area contributed by atoms with E-state index >= 15 is 0 Å². The van der Waals surface area contributed by atoms with Crippen molar-refractivity contribution in [2.24, 2.45) is 0 Å². The summed E-state index contributed by atoms with van der Waals surface area (Å²) in [5.41, 5.74) is 0. The van der Waals surface area contributed by atoms with E-state index in [9.17, 15) is 0 Å². The van der Waals surface area contributed by atoms with E-state index in [4.69, 9.17) is 28.9 Å². The van der Waals surface area contributed by atoms with Gasteiger partial charge in [0.1, 0.15) is 30.5 Å². The highest BCUT2D eigenvalue weighted by Crippen LogP contribution is 2.39. The summed E-state index contributed by atoms with van der Waals surface area (Å²) in [4.78, 5) is 0. The van der Waals surface area contributed by atoms with Crippen LogP contribution in [0.3, 0.4) is 0 Å². The van der Waals surface area contributed by atoms with E-state index in [2.05, 4.69) is 89.0 Å². The molecule has 0 saturated carbocycles. The smallest absolute Gasteiger partial charge is 0.192 e. The summed E-state index contributed by atoms with van der Waals surface area (Å²) in [6, 6.07) is 13.0. The fraction of sp³-hybridized carbons (Fsp3) is 0.938. The molecule has 1 saturated heterocycles. The van der Waals surface area contributed by atoms with Gasteiger partial charge >= 0.3 is 0 Å². The third-order valence-corrected chi connectivity index (χ3v) is 29.8. The molecular weight excluding hydrogens is 577 g/mol. The molecule has 0 amide bonds. The lowest BCUT2D eigenvalue weighted by atomic mass is 9.95. The predicted molar refractivity (Wildman–Crippen MR) is 187 cm³/mol. The van der Waals surface area contributed by atoms with Crippen molar-refractivity contribution >= 4 is 33.3 Å². The van der Waals surface area contributed by atoms with Gasteiger partial charge in [-0.1, -0.05) is 89.0 Å². The molecule has 1 aliphatic heterocycles. The Bertz CT molecular complexity index is 727. The Hall–Kier alpha value is 0.228. The van der Waals surface area contributed by atoms with E-state index in [-0.39, 0.29) is 24.4 Å². The van der Waals surface area contributed by atoms with Crippen LogP contribution in [0, 0.1) is 12.3 Å². The van der Waals surface area contributed by atoms with Crippen molar-refractivity contribution in [1.82, 2.24) is 0 Å². The van der Waals surface area contributed by atoms with Gasteiger partial charge in [-0.25, -0.2) is 0 Å². The first-order chi connectivity index (χ1) is 19.5. The van der Waals surface area contributed by atoms with E-state index in [1.54, 1.807) is 0 Å². The summed E-state index contributed by atoms with van der Waals surface area (Å²) in [6.45, 7) is 28.1. The summed E-state index contributed by atoms with van der Waals surface area (Å²) in [7, 11) is -7.92. The number of hydrogen-bond acceptors (Lipinski definition) is 5. The molecular formula is C32H68O5Si4. The molecule has 0 radical (unpaired) electrons. The first-order valence-electron chi connectivity index (χ1n) is 17.3. The van der Waals surface area contributed by atoms with Crippen molar-refractivity contribution in [1.29, 1.82) is 0 Å². The minimum Gasteiger partial charge on any atom is -0.414 e. The van der Waals surface area contributed by atoms with E-state index in [0.717, 1.165) is 72.5 Å². The number of terminal acetylenes is 1. The third-order valence-electron chi connectivity index (χ3n) is 11.2. The van der Waals surface area contributed by atoms with Crippen molar-refractivity contribution in [3.05, 3.63) is 0 Å². The molecule has 0 aromatic rings. The Morgan fingerprint density at radius 1 is 0.488 bits per heavy atom. The van der Waals surface area contributed by atoms with Gasteiger partial charge in [0.15, 0.2) is 33.3 Å². The molecule has 0 N–H and O–H groups in total. The monoisotopic (exact) mass is 644 g/mol. The molecule has 1 fully saturated rings. The fourth-order valence-corrected chi connectivity index (χ4v) is 17.9. The van der Waals surface area contributed by atoms with Gasteiger partial charge in [-0.3, -0.25) is 0 Å².